The van der Waals surface area contributed by atoms with Crippen LogP contribution >= 0.6 is 23.4 Å². The van der Waals surface area contributed by atoms with E-state index in [1.807, 2.05) is 16.7 Å². The third-order valence-corrected chi connectivity index (χ3v) is 3.64. The van der Waals surface area contributed by atoms with Gasteiger partial charge in [0.2, 0.25) is 5.91 Å². The van der Waals surface area contributed by atoms with Crippen molar-refractivity contribution in [2.24, 2.45) is 0 Å². The first-order chi connectivity index (χ1) is 6.24. The van der Waals surface area contributed by atoms with Gasteiger partial charge in [-0.05, 0) is 6.42 Å². The number of hydrogen-bond acceptors (Lipinski definition) is 2. The lowest BCUT2D eigenvalue weighted by molar-refractivity contribution is -0.130. The SMILES string of the molecule is CC1CCN(C(=O)CCCl)CCS1. The number of nitrogens with zero attached hydrogens (tertiary/aromatic N) is 1. The largest absolute Gasteiger partial charge is 0.342 e. The van der Waals surface area contributed by atoms with E-state index >= 15 is 0 Å². The molecule has 0 radical (unpaired) electrons. The molecule has 2 nitrogen and oxygen atoms in total. The number of alkyl halides is 1. The zero-order chi connectivity index (χ0) is 9.68. The first kappa shape index (κ1) is 11.2. The van der Waals surface area contributed by atoms with Gasteiger partial charge in [0.05, 0.1) is 0 Å². The van der Waals surface area contributed by atoms with Gasteiger partial charge < -0.3 is 4.90 Å². The fourth-order valence-electron chi connectivity index (χ4n) is 1.39. The fourth-order valence-corrected chi connectivity index (χ4v) is 2.55. The van der Waals surface area contributed by atoms with Crippen molar-refractivity contribution in [1.29, 1.82) is 0 Å². The Morgan fingerprint density at radius 3 is 3.08 bits per heavy atom. The van der Waals surface area contributed by atoms with Crippen LogP contribution in [-0.4, -0.2) is 40.8 Å². The van der Waals surface area contributed by atoms with Crippen molar-refractivity contribution in [3.63, 3.8) is 0 Å². The van der Waals surface area contributed by atoms with Crippen molar-refractivity contribution in [2.75, 3.05) is 24.7 Å². The minimum atomic E-state index is 0.213. The van der Waals surface area contributed by atoms with Gasteiger partial charge in [-0.2, -0.15) is 11.8 Å². The summed E-state index contributed by atoms with van der Waals surface area (Å²) in [5, 5.41) is 0.689. The van der Waals surface area contributed by atoms with Gasteiger partial charge in [-0.15, -0.1) is 11.6 Å². The Kier molecular flexibility index (Phi) is 4.96. The van der Waals surface area contributed by atoms with E-state index in [0.717, 1.165) is 25.3 Å². The smallest absolute Gasteiger partial charge is 0.223 e. The van der Waals surface area contributed by atoms with Crippen molar-refractivity contribution < 1.29 is 4.79 Å². The number of thioether (sulfide) groups is 1. The van der Waals surface area contributed by atoms with Crippen LogP contribution in [-0.2, 0) is 4.79 Å². The molecule has 1 heterocycles. The third-order valence-electron chi connectivity index (χ3n) is 2.23. The van der Waals surface area contributed by atoms with Gasteiger partial charge in [-0.25, -0.2) is 0 Å². The highest BCUT2D eigenvalue weighted by molar-refractivity contribution is 7.99. The molecule has 0 aromatic rings. The van der Waals surface area contributed by atoms with Gasteiger partial charge >= 0.3 is 0 Å². The van der Waals surface area contributed by atoms with E-state index in [1.165, 1.54) is 0 Å². The summed E-state index contributed by atoms with van der Waals surface area (Å²) in [7, 11) is 0. The zero-order valence-corrected chi connectivity index (χ0v) is 9.53. The van der Waals surface area contributed by atoms with E-state index in [0.29, 0.717) is 17.6 Å². The molecule has 0 aromatic heterocycles. The highest BCUT2D eigenvalue weighted by atomic mass is 35.5. The summed E-state index contributed by atoms with van der Waals surface area (Å²) in [6.07, 6.45) is 1.60. The molecule has 1 amide bonds. The van der Waals surface area contributed by atoms with Gasteiger partial charge in [0, 0.05) is 36.4 Å². The normalized spacial score (nSPS) is 24.2. The second kappa shape index (κ2) is 5.76. The molecule has 0 spiro atoms. The van der Waals surface area contributed by atoms with Crippen LogP contribution < -0.4 is 0 Å². The second-order valence-corrected chi connectivity index (χ2v) is 5.21. The van der Waals surface area contributed by atoms with E-state index in [-0.39, 0.29) is 5.91 Å². The molecular formula is C9H16ClNOS. The summed E-state index contributed by atoms with van der Waals surface area (Å²) >= 11 is 7.48. The lowest BCUT2D eigenvalue weighted by Crippen LogP contribution is -2.33. The summed E-state index contributed by atoms with van der Waals surface area (Å²) in [5.41, 5.74) is 0. The summed E-state index contributed by atoms with van der Waals surface area (Å²) < 4.78 is 0. The molecule has 13 heavy (non-hydrogen) atoms. The Balaban J connectivity index is 2.37. The summed E-state index contributed by atoms with van der Waals surface area (Å²) in [5.74, 6) is 1.72. The van der Waals surface area contributed by atoms with Crippen molar-refractivity contribution in [3.8, 4) is 0 Å². The van der Waals surface area contributed by atoms with Gasteiger partial charge in [-0.1, -0.05) is 6.92 Å². The molecule has 1 unspecified atom stereocenters. The summed E-state index contributed by atoms with van der Waals surface area (Å²) in [4.78, 5) is 13.4. The minimum Gasteiger partial charge on any atom is -0.342 e. The fraction of sp³-hybridized carbons (Fsp3) is 0.889. The van der Waals surface area contributed by atoms with Gasteiger partial charge in [0.25, 0.3) is 0 Å². The molecule has 1 rings (SSSR count). The van der Waals surface area contributed by atoms with E-state index in [4.69, 9.17) is 11.6 Å². The molecule has 0 aromatic carbocycles. The Hall–Kier alpha value is 0.110. The number of carbonyl (C=O) groups excluding carboxylic acids is 1. The molecule has 1 aliphatic rings. The van der Waals surface area contributed by atoms with Crippen molar-refractivity contribution in [2.45, 2.75) is 25.0 Å². The van der Waals surface area contributed by atoms with E-state index in [9.17, 15) is 4.79 Å². The topological polar surface area (TPSA) is 20.3 Å². The predicted octanol–water partition coefficient (Wildman–Crippen LogP) is 1.97. The van der Waals surface area contributed by atoms with E-state index < -0.39 is 0 Å². The minimum absolute atomic E-state index is 0.213. The van der Waals surface area contributed by atoms with Crippen LogP contribution in [0.4, 0.5) is 0 Å². The van der Waals surface area contributed by atoms with Gasteiger partial charge in [-0.3, -0.25) is 4.79 Å². The maximum atomic E-state index is 11.5. The molecule has 1 fully saturated rings. The standard InChI is InChI=1S/C9H16ClNOS/c1-8-3-5-11(6-7-13-8)9(12)2-4-10/h8H,2-7H2,1H3. The molecule has 1 saturated heterocycles. The van der Waals surface area contributed by atoms with Crippen molar-refractivity contribution in [1.82, 2.24) is 4.90 Å². The number of carbonyl (C=O) groups is 1. The number of hydrogen-bond donors (Lipinski definition) is 0. The first-order valence-corrected chi connectivity index (χ1v) is 6.27. The summed E-state index contributed by atoms with van der Waals surface area (Å²) in [6, 6.07) is 0. The Bertz CT molecular complexity index is 177. The average molecular weight is 222 g/mol. The third kappa shape index (κ3) is 3.77. The molecule has 76 valence electrons. The first-order valence-electron chi connectivity index (χ1n) is 4.69. The predicted molar refractivity (Wildman–Crippen MR) is 58.5 cm³/mol. The van der Waals surface area contributed by atoms with Crippen LogP contribution in [0.1, 0.15) is 19.8 Å². The van der Waals surface area contributed by atoms with Gasteiger partial charge in [0.1, 0.15) is 0 Å². The molecule has 0 N–H and O–H groups in total. The lowest BCUT2D eigenvalue weighted by atomic mass is 10.3. The summed E-state index contributed by atoms with van der Waals surface area (Å²) in [6.45, 7) is 4.02. The molecule has 4 heteroatoms. The van der Waals surface area contributed by atoms with E-state index in [1.54, 1.807) is 0 Å². The molecule has 0 bridgehead atoms. The van der Waals surface area contributed by atoms with Crippen LogP contribution in [0.2, 0.25) is 0 Å². The molecule has 1 atom stereocenters. The lowest BCUT2D eigenvalue weighted by Gasteiger charge is -2.19. The number of amides is 1. The molecule has 0 saturated carbocycles. The van der Waals surface area contributed by atoms with Crippen LogP contribution in [0.3, 0.4) is 0 Å². The van der Waals surface area contributed by atoms with Crippen molar-refractivity contribution >= 4 is 29.3 Å². The Morgan fingerprint density at radius 1 is 1.62 bits per heavy atom. The quantitative estimate of drug-likeness (QED) is 0.665. The second-order valence-electron chi connectivity index (χ2n) is 3.29. The highest BCUT2D eigenvalue weighted by Gasteiger charge is 2.17. The monoisotopic (exact) mass is 221 g/mol. The van der Waals surface area contributed by atoms with Crippen LogP contribution in [0.15, 0.2) is 0 Å². The maximum absolute atomic E-state index is 11.5. The van der Waals surface area contributed by atoms with Crippen LogP contribution in [0, 0.1) is 0 Å². The molecule has 1 aliphatic heterocycles. The number of halogens is 1. The molecular weight excluding hydrogens is 206 g/mol. The maximum Gasteiger partial charge on any atom is 0.223 e. The number of rotatable bonds is 2. The zero-order valence-electron chi connectivity index (χ0n) is 7.96. The average Bonchev–Trinajstić information content (AvgIpc) is 2.30. The van der Waals surface area contributed by atoms with Crippen LogP contribution in [0.25, 0.3) is 0 Å². The van der Waals surface area contributed by atoms with Crippen LogP contribution in [0.5, 0.6) is 0 Å². The Morgan fingerprint density at radius 2 is 2.38 bits per heavy atom. The highest BCUT2D eigenvalue weighted by Crippen LogP contribution is 2.18. The Labute approximate surface area is 89.0 Å². The van der Waals surface area contributed by atoms with Crippen molar-refractivity contribution in [3.05, 3.63) is 0 Å². The van der Waals surface area contributed by atoms with E-state index in [2.05, 4.69) is 6.92 Å². The van der Waals surface area contributed by atoms with Gasteiger partial charge in [0.15, 0.2) is 0 Å². The molecule has 0 aliphatic carbocycles.